The van der Waals surface area contributed by atoms with Gasteiger partial charge in [-0.2, -0.15) is 13.2 Å². The second kappa shape index (κ2) is 4.55. The lowest BCUT2D eigenvalue weighted by molar-refractivity contribution is -0.0691. The standard InChI is InChI=1S/C4H4Cl2F3O3P/c1-11-13(10,4(7,8)9)12-2-3(5)6/h2H,1H3. The molecular formula is C4H4Cl2F3O3P. The molecule has 9 heteroatoms. The average Bonchev–Trinajstić information content (AvgIpc) is 1.98. The van der Waals surface area contributed by atoms with Gasteiger partial charge in [0.05, 0.1) is 0 Å². The Morgan fingerprint density at radius 2 is 1.92 bits per heavy atom. The molecule has 13 heavy (non-hydrogen) atoms. The first-order valence-corrected chi connectivity index (χ1v) is 4.95. The van der Waals surface area contributed by atoms with Gasteiger partial charge in [-0.3, -0.25) is 4.52 Å². The first kappa shape index (κ1) is 13.1. The summed E-state index contributed by atoms with van der Waals surface area (Å²) in [6.45, 7) is 0. The molecule has 0 N–H and O–H groups in total. The minimum atomic E-state index is -5.18. The van der Waals surface area contributed by atoms with E-state index < -0.39 is 18.0 Å². The average molecular weight is 259 g/mol. The fourth-order valence-electron chi connectivity index (χ4n) is 0.316. The van der Waals surface area contributed by atoms with Crippen LogP contribution < -0.4 is 0 Å². The molecule has 0 fully saturated rings. The summed E-state index contributed by atoms with van der Waals surface area (Å²) in [5.41, 5.74) is 0. The Bertz CT molecular complexity index is 248. The highest BCUT2D eigenvalue weighted by molar-refractivity contribution is 7.55. The predicted molar refractivity (Wildman–Crippen MR) is 41.5 cm³/mol. The largest absolute Gasteiger partial charge is 0.506 e. The van der Waals surface area contributed by atoms with Crippen molar-refractivity contribution < 1.29 is 26.8 Å². The summed E-state index contributed by atoms with van der Waals surface area (Å²) in [6, 6.07) is 0. The van der Waals surface area contributed by atoms with E-state index in [1.807, 2.05) is 0 Å². The molecule has 0 radical (unpaired) electrons. The molecule has 0 saturated heterocycles. The van der Waals surface area contributed by atoms with Gasteiger partial charge >= 0.3 is 13.5 Å². The quantitative estimate of drug-likeness (QED) is 0.573. The van der Waals surface area contributed by atoms with E-state index in [1.54, 1.807) is 0 Å². The smallest absolute Gasteiger partial charge is 0.424 e. The normalized spacial score (nSPS) is 16.2. The van der Waals surface area contributed by atoms with E-state index in [9.17, 15) is 17.7 Å². The maximum atomic E-state index is 11.9. The minimum Gasteiger partial charge on any atom is -0.424 e. The van der Waals surface area contributed by atoms with Gasteiger partial charge in [0.15, 0.2) is 0 Å². The van der Waals surface area contributed by atoms with Gasteiger partial charge in [0.2, 0.25) is 0 Å². The molecular weight excluding hydrogens is 255 g/mol. The third kappa shape index (κ3) is 3.77. The van der Waals surface area contributed by atoms with Crippen molar-refractivity contribution >= 4 is 30.8 Å². The monoisotopic (exact) mass is 258 g/mol. The van der Waals surface area contributed by atoms with E-state index in [-0.39, 0.29) is 0 Å². The van der Waals surface area contributed by atoms with Crippen molar-refractivity contribution in [2.75, 3.05) is 7.11 Å². The van der Waals surface area contributed by atoms with Crippen LogP contribution in [-0.4, -0.2) is 13.0 Å². The van der Waals surface area contributed by atoms with Gasteiger partial charge in [0.1, 0.15) is 10.8 Å². The molecule has 0 aromatic rings. The van der Waals surface area contributed by atoms with Crippen molar-refractivity contribution in [3.8, 4) is 0 Å². The van der Waals surface area contributed by atoms with Gasteiger partial charge in [-0.1, -0.05) is 23.2 Å². The van der Waals surface area contributed by atoms with Crippen LogP contribution >= 0.6 is 30.8 Å². The highest BCUT2D eigenvalue weighted by atomic mass is 35.5. The molecule has 1 atom stereocenters. The van der Waals surface area contributed by atoms with Crippen LogP contribution in [0.15, 0.2) is 10.8 Å². The summed E-state index contributed by atoms with van der Waals surface area (Å²) >= 11 is 9.90. The van der Waals surface area contributed by atoms with Crippen LogP contribution in [0.2, 0.25) is 0 Å². The maximum absolute atomic E-state index is 11.9. The SMILES string of the molecule is COP(=O)(OC=C(Cl)Cl)C(F)(F)F. The number of rotatable bonds is 3. The third-order valence-electron chi connectivity index (χ3n) is 0.831. The van der Waals surface area contributed by atoms with Crippen LogP contribution in [0, 0.1) is 0 Å². The molecule has 0 aliphatic heterocycles. The fraction of sp³-hybridized carbons (Fsp3) is 0.500. The van der Waals surface area contributed by atoms with E-state index in [0.29, 0.717) is 13.4 Å². The Balaban J connectivity index is 4.68. The van der Waals surface area contributed by atoms with Gasteiger partial charge in [0.25, 0.3) is 0 Å². The molecule has 0 aromatic heterocycles. The van der Waals surface area contributed by atoms with Crippen molar-refractivity contribution in [1.82, 2.24) is 0 Å². The van der Waals surface area contributed by atoms with Gasteiger partial charge in [-0.05, 0) is 0 Å². The molecule has 0 heterocycles. The van der Waals surface area contributed by atoms with Crippen LogP contribution in [-0.2, 0) is 13.6 Å². The molecule has 0 amide bonds. The zero-order valence-corrected chi connectivity index (χ0v) is 8.55. The van der Waals surface area contributed by atoms with Gasteiger partial charge in [0, 0.05) is 7.11 Å². The maximum Gasteiger partial charge on any atom is 0.506 e. The summed E-state index contributed by atoms with van der Waals surface area (Å²) in [5, 5.41) is 0. The zero-order chi connectivity index (χ0) is 10.7. The second-order valence-electron chi connectivity index (χ2n) is 1.66. The number of hydrogen-bond donors (Lipinski definition) is 0. The highest BCUT2D eigenvalue weighted by Gasteiger charge is 2.55. The topological polar surface area (TPSA) is 35.5 Å². The Morgan fingerprint density at radius 3 is 2.15 bits per heavy atom. The summed E-state index contributed by atoms with van der Waals surface area (Å²) in [5.74, 6) is -5.11. The number of halogens is 5. The lowest BCUT2D eigenvalue weighted by Crippen LogP contribution is -2.11. The van der Waals surface area contributed by atoms with Crippen molar-refractivity contribution in [3.63, 3.8) is 0 Å². The third-order valence-corrected chi connectivity index (χ3v) is 2.49. The number of hydrogen-bond acceptors (Lipinski definition) is 3. The van der Waals surface area contributed by atoms with Crippen LogP contribution in [0.4, 0.5) is 13.2 Å². The molecule has 3 nitrogen and oxygen atoms in total. The predicted octanol–water partition coefficient (Wildman–Crippen LogP) is 3.64. The van der Waals surface area contributed by atoms with E-state index >= 15 is 0 Å². The van der Waals surface area contributed by atoms with Crippen LogP contribution in [0.25, 0.3) is 0 Å². The van der Waals surface area contributed by atoms with Crippen molar-refractivity contribution in [2.45, 2.75) is 5.92 Å². The Kier molecular flexibility index (Phi) is 4.59. The Hall–Kier alpha value is 0.1000. The molecule has 1 unspecified atom stereocenters. The Labute approximate surface area is 81.9 Å². The van der Waals surface area contributed by atoms with E-state index in [1.165, 1.54) is 0 Å². The molecule has 0 saturated carbocycles. The van der Waals surface area contributed by atoms with E-state index in [4.69, 9.17) is 23.2 Å². The molecule has 0 rings (SSSR count). The van der Waals surface area contributed by atoms with Gasteiger partial charge in [-0.25, -0.2) is 4.57 Å². The molecule has 0 bridgehead atoms. The molecule has 0 aliphatic rings. The van der Waals surface area contributed by atoms with Crippen LogP contribution in [0.1, 0.15) is 0 Å². The summed E-state index contributed by atoms with van der Waals surface area (Å²) in [4.78, 5) is 0. The van der Waals surface area contributed by atoms with Crippen LogP contribution in [0.3, 0.4) is 0 Å². The van der Waals surface area contributed by atoms with Gasteiger partial charge in [-0.15, -0.1) is 0 Å². The molecule has 0 aromatic carbocycles. The summed E-state index contributed by atoms with van der Waals surface area (Å²) in [6.07, 6.45) is 0.293. The lowest BCUT2D eigenvalue weighted by atomic mass is 11.2. The Morgan fingerprint density at radius 1 is 1.46 bits per heavy atom. The zero-order valence-electron chi connectivity index (χ0n) is 6.14. The lowest BCUT2D eigenvalue weighted by Gasteiger charge is -2.16. The molecule has 0 spiro atoms. The second-order valence-corrected chi connectivity index (χ2v) is 4.75. The van der Waals surface area contributed by atoms with Gasteiger partial charge < -0.3 is 4.52 Å². The minimum absolute atomic E-state index is 0.293. The first-order valence-electron chi connectivity index (χ1n) is 2.65. The fourth-order valence-corrected chi connectivity index (χ4v) is 1.19. The summed E-state index contributed by atoms with van der Waals surface area (Å²) < 4.78 is 53.4. The number of alkyl halides is 3. The first-order chi connectivity index (χ1) is 5.73. The van der Waals surface area contributed by atoms with Crippen LogP contribution in [0.5, 0.6) is 0 Å². The van der Waals surface area contributed by atoms with Crippen molar-refractivity contribution in [2.24, 2.45) is 0 Å². The van der Waals surface area contributed by atoms with Crippen molar-refractivity contribution in [1.29, 1.82) is 0 Å². The molecule has 78 valence electrons. The summed E-state index contributed by atoms with van der Waals surface area (Å²) in [7, 11) is -4.58. The van der Waals surface area contributed by atoms with E-state index in [0.717, 1.165) is 0 Å². The van der Waals surface area contributed by atoms with Crippen molar-refractivity contribution in [3.05, 3.63) is 10.8 Å². The van der Waals surface area contributed by atoms with E-state index in [2.05, 4.69) is 9.05 Å². The molecule has 0 aliphatic carbocycles. The highest BCUT2D eigenvalue weighted by Crippen LogP contribution is 2.62.